The maximum Gasteiger partial charge on any atom is 0.418 e. The van der Waals surface area contributed by atoms with Gasteiger partial charge >= 0.3 is 6.18 Å². The van der Waals surface area contributed by atoms with E-state index in [4.69, 9.17) is 15.0 Å². The summed E-state index contributed by atoms with van der Waals surface area (Å²) in [4.78, 5) is 4.30. The summed E-state index contributed by atoms with van der Waals surface area (Å²) in [5, 5.41) is 21.8. The van der Waals surface area contributed by atoms with Crippen molar-refractivity contribution in [2.24, 2.45) is 5.92 Å². The molecule has 0 aliphatic heterocycles. The van der Waals surface area contributed by atoms with Crippen molar-refractivity contribution in [2.45, 2.75) is 19.1 Å². The zero-order valence-corrected chi connectivity index (χ0v) is 14.8. The lowest BCUT2D eigenvalue weighted by Crippen LogP contribution is -2.09. The van der Waals surface area contributed by atoms with Crippen molar-refractivity contribution in [2.75, 3.05) is 0 Å². The number of nitrogens with zero attached hydrogens (tertiary/aromatic N) is 5. The molecule has 0 spiro atoms. The summed E-state index contributed by atoms with van der Waals surface area (Å²) in [5.74, 6) is 0.396. The first-order chi connectivity index (χ1) is 13.9. The van der Waals surface area contributed by atoms with Gasteiger partial charge in [-0.05, 0) is 24.6 Å². The highest BCUT2D eigenvalue weighted by Crippen LogP contribution is 2.37. The molecule has 144 valence electrons. The van der Waals surface area contributed by atoms with Crippen molar-refractivity contribution in [3.05, 3.63) is 65.5 Å². The number of allylic oxidation sites excluding steroid dienone is 4. The second-order valence-electron chi connectivity index (χ2n) is 6.48. The topological polar surface area (TPSA) is 91.4 Å². The smallest absolute Gasteiger partial charge is 0.340 e. The number of benzene rings is 1. The first-order valence-electron chi connectivity index (χ1n) is 8.61. The fourth-order valence-corrected chi connectivity index (χ4v) is 3.27. The molecule has 0 amide bonds. The third-order valence-electron chi connectivity index (χ3n) is 4.65. The number of aromatic nitrogens is 3. The van der Waals surface area contributed by atoms with Crippen LogP contribution in [0.5, 0.6) is 0 Å². The van der Waals surface area contributed by atoms with E-state index in [9.17, 15) is 13.2 Å². The number of hydrogen-bond donors (Lipinski definition) is 0. The lowest BCUT2D eigenvalue weighted by atomic mass is 9.98. The molecule has 3 aromatic rings. The standard InChI is InChI=1S/C20H12F3N5O/c21-20(22,23)18-14(10-25)5-6-16-15(18)7-8-28(16)11-17-26-19(29-27-17)13-3-1-12(9-24)2-4-13/h1,3-8,12H,2,11H2. The van der Waals surface area contributed by atoms with Crippen molar-refractivity contribution in [1.29, 1.82) is 10.5 Å². The van der Waals surface area contributed by atoms with Crippen LogP contribution >= 0.6 is 0 Å². The first-order valence-corrected chi connectivity index (χ1v) is 8.61. The SMILES string of the molecule is N#Cc1ccc2c(ccn2Cc2noc(C3=CCC(C#N)C=C3)n2)c1C(F)(F)F. The molecule has 2 heterocycles. The third kappa shape index (κ3) is 3.39. The van der Waals surface area contributed by atoms with Gasteiger partial charge in [-0.15, -0.1) is 0 Å². The fourth-order valence-electron chi connectivity index (χ4n) is 3.27. The van der Waals surface area contributed by atoms with Gasteiger partial charge in [0.1, 0.15) is 0 Å². The summed E-state index contributed by atoms with van der Waals surface area (Å²) in [6.07, 6.45) is 2.72. The second kappa shape index (κ2) is 6.95. The van der Waals surface area contributed by atoms with E-state index in [2.05, 4.69) is 16.2 Å². The minimum absolute atomic E-state index is 0.0549. The molecular formula is C20H12F3N5O. The van der Waals surface area contributed by atoms with Crippen LogP contribution in [0.25, 0.3) is 16.5 Å². The van der Waals surface area contributed by atoms with E-state index in [0.29, 0.717) is 23.3 Å². The Kier molecular flexibility index (Phi) is 4.44. The number of hydrogen-bond acceptors (Lipinski definition) is 5. The lowest BCUT2D eigenvalue weighted by Gasteiger charge is -2.11. The Bertz CT molecular complexity index is 1230. The summed E-state index contributed by atoms with van der Waals surface area (Å²) in [6, 6.07) is 7.71. The first kappa shape index (κ1) is 18.5. The summed E-state index contributed by atoms with van der Waals surface area (Å²) in [5.41, 5.74) is -0.354. The average Bonchev–Trinajstić information content (AvgIpc) is 3.34. The number of nitriles is 2. The number of halogens is 3. The Hall–Kier alpha value is -3.85. The van der Waals surface area contributed by atoms with Gasteiger partial charge in [0.05, 0.1) is 35.7 Å². The van der Waals surface area contributed by atoms with Gasteiger partial charge in [0, 0.05) is 22.7 Å². The second-order valence-corrected chi connectivity index (χ2v) is 6.48. The highest BCUT2D eigenvalue weighted by atomic mass is 19.4. The minimum atomic E-state index is -4.64. The molecule has 0 saturated heterocycles. The predicted octanol–water partition coefficient (Wildman–Crippen LogP) is 4.45. The zero-order valence-electron chi connectivity index (χ0n) is 14.8. The van der Waals surface area contributed by atoms with Gasteiger partial charge in [-0.3, -0.25) is 0 Å². The quantitative estimate of drug-likeness (QED) is 0.654. The molecule has 0 saturated carbocycles. The number of rotatable bonds is 3. The molecule has 6 nitrogen and oxygen atoms in total. The van der Waals surface area contributed by atoms with E-state index in [0.717, 1.165) is 6.07 Å². The van der Waals surface area contributed by atoms with Crippen LogP contribution in [0.2, 0.25) is 0 Å². The van der Waals surface area contributed by atoms with Gasteiger partial charge in [-0.2, -0.15) is 28.7 Å². The third-order valence-corrected chi connectivity index (χ3v) is 4.65. The van der Waals surface area contributed by atoms with Crippen LogP contribution in [-0.4, -0.2) is 14.7 Å². The zero-order chi connectivity index (χ0) is 20.6. The molecule has 0 fully saturated rings. The summed E-state index contributed by atoms with van der Waals surface area (Å²) >= 11 is 0. The Morgan fingerprint density at radius 1 is 1.24 bits per heavy atom. The highest BCUT2D eigenvalue weighted by molar-refractivity contribution is 5.86. The molecular weight excluding hydrogens is 383 g/mol. The van der Waals surface area contributed by atoms with Gasteiger partial charge in [-0.1, -0.05) is 23.4 Å². The van der Waals surface area contributed by atoms with E-state index < -0.39 is 17.3 Å². The van der Waals surface area contributed by atoms with Crippen molar-refractivity contribution in [3.8, 4) is 12.1 Å². The molecule has 1 aliphatic rings. The summed E-state index contributed by atoms with van der Waals surface area (Å²) in [6.45, 7) is 0.105. The van der Waals surface area contributed by atoms with Crippen LogP contribution in [-0.2, 0) is 12.7 Å². The molecule has 1 unspecified atom stereocenters. The van der Waals surface area contributed by atoms with Gasteiger partial charge in [0.15, 0.2) is 5.82 Å². The predicted molar refractivity (Wildman–Crippen MR) is 95.9 cm³/mol. The molecule has 0 bridgehead atoms. The molecule has 2 aromatic heterocycles. The van der Waals surface area contributed by atoms with Gasteiger partial charge in [-0.25, -0.2) is 0 Å². The van der Waals surface area contributed by atoms with Crippen molar-refractivity contribution in [1.82, 2.24) is 14.7 Å². The van der Waals surface area contributed by atoms with E-state index in [1.54, 1.807) is 22.8 Å². The highest BCUT2D eigenvalue weighted by Gasteiger charge is 2.36. The number of fused-ring (bicyclic) bond motifs is 1. The summed E-state index contributed by atoms with van der Waals surface area (Å²) in [7, 11) is 0. The molecule has 0 radical (unpaired) electrons. The lowest BCUT2D eigenvalue weighted by molar-refractivity contribution is -0.136. The van der Waals surface area contributed by atoms with E-state index in [-0.39, 0.29) is 23.7 Å². The molecule has 29 heavy (non-hydrogen) atoms. The van der Waals surface area contributed by atoms with Crippen molar-refractivity contribution < 1.29 is 17.7 Å². The maximum absolute atomic E-state index is 13.4. The van der Waals surface area contributed by atoms with Gasteiger partial charge in [0.25, 0.3) is 5.89 Å². The van der Waals surface area contributed by atoms with Crippen LogP contribution in [0, 0.1) is 28.6 Å². The minimum Gasteiger partial charge on any atom is -0.340 e. The van der Waals surface area contributed by atoms with E-state index >= 15 is 0 Å². The molecule has 1 aromatic carbocycles. The Balaban J connectivity index is 1.64. The fraction of sp³-hybridized carbons (Fsp3) is 0.200. The van der Waals surface area contributed by atoms with Crippen LogP contribution in [0.4, 0.5) is 13.2 Å². The van der Waals surface area contributed by atoms with Crippen molar-refractivity contribution >= 4 is 16.5 Å². The van der Waals surface area contributed by atoms with Crippen LogP contribution < -0.4 is 0 Å². The van der Waals surface area contributed by atoms with Crippen LogP contribution in [0.15, 0.2) is 47.1 Å². The normalized spacial score (nSPS) is 16.4. The maximum atomic E-state index is 13.4. The molecule has 1 atom stereocenters. The van der Waals surface area contributed by atoms with Crippen LogP contribution in [0.3, 0.4) is 0 Å². The Labute approximate surface area is 162 Å². The molecule has 1 aliphatic carbocycles. The van der Waals surface area contributed by atoms with Gasteiger partial charge in [0.2, 0.25) is 0 Å². The van der Waals surface area contributed by atoms with E-state index in [1.807, 2.05) is 6.08 Å². The van der Waals surface area contributed by atoms with Crippen LogP contribution in [0.1, 0.15) is 29.3 Å². The van der Waals surface area contributed by atoms with Crippen molar-refractivity contribution in [3.63, 3.8) is 0 Å². The monoisotopic (exact) mass is 395 g/mol. The Morgan fingerprint density at radius 3 is 2.72 bits per heavy atom. The average molecular weight is 395 g/mol. The molecule has 9 heteroatoms. The Morgan fingerprint density at radius 2 is 2.07 bits per heavy atom. The molecule has 0 N–H and O–H groups in total. The van der Waals surface area contributed by atoms with Gasteiger partial charge < -0.3 is 9.09 Å². The largest absolute Gasteiger partial charge is 0.418 e. The van der Waals surface area contributed by atoms with E-state index in [1.165, 1.54) is 18.3 Å². The summed E-state index contributed by atoms with van der Waals surface area (Å²) < 4.78 is 47.1. The molecule has 4 rings (SSSR count). The number of alkyl halides is 3.